The molecular formula is C21H21ClF3N3O6S2. The van der Waals surface area contributed by atoms with Crippen LogP contribution in [0.15, 0.2) is 23.1 Å². The van der Waals surface area contributed by atoms with Crippen LogP contribution in [0.2, 0.25) is 5.02 Å². The number of anilines is 1. The Balaban J connectivity index is 1.62. The van der Waals surface area contributed by atoms with Crippen LogP contribution in [0.5, 0.6) is 0 Å². The maximum Gasteiger partial charge on any atom is 0.417 e. The van der Waals surface area contributed by atoms with Crippen LogP contribution >= 0.6 is 22.9 Å². The summed E-state index contributed by atoms with van der Waals surface area (Å²) >= 11 is 6.71. The molecule has 1 atom stereocenters. The van der Waals surface area contributed by atoms with E-state index in [2.05, 4.69) is 5.32 Å². The summed E-state index contributed by atoms with van der Waals surface area (Å²) in [6, 6.07) is 0.424. The number of fused-ring (bicyclic) bond motifs is 1. The number of primary amides is 1. The standard InChI is InChI=1S/C21H21ClF3N3O6S2/c1-10(28-36(32,33)11-6-7-14(22)13(8-11)21(23,24)25)20(31)34-9-16(29)27-19-17(18(26)30)12-4-2-3-5-15(12)35-19/h6-8,10,28H,2-5,9H2,1H3,(H2,26,30)(H,27,29). The monoisotopic (exact) mass is 567 g/mol. The van der Waals surface area contributed by atoms with Crippen LogP contribution in [0.3, 0.4) is 0 Å². The number of ether oxygens (including phenoxy) is 1. The molecule has 4 N–H and O–H groups in total. The number of carbonyl (C=O) groups excluding carboxylic acids is 3. The molecule has 1 aliphatic rings. The Morgan fingerprint density at radius 3 is 2.53 bits per heavy atom. The van der Waals surface area contributed by atoms with Crippen LogP contribution in [-0.2, 0) is 43.4 Å². The number of carbonyl (C=O) groups is 3. The van der Waals surface area contributed by atoms with Crippen LogP contribution in [0.25, 0.3) is 0 Å². The molecule has 1 aromatic carbocycles. The lowest BCUT2D eigenvalue weighted by atomic mass is 9.95. The van der Waals surface area contributed by atoms with E-state index in [9.17, 15) is 36.0 Å². The fourth-order valence-electron chi connectivity index (χ4n) is 3.58. The van der Waals surface area contributed by atoms with E-state index in [1.54, 1.807) is 0 Å². The van der Waals surface area contributed by atoms with E-state index in [1.165, 1.54) is 11.3 Å². The number of aryl methyl sites for hydroxylation is 1. The van der Waals surface area contributed by atoms with E-state index in [1.807, 2.05) is 4.72 Å². The molecule has 0 saturated carbocycles. The molecule has 1 unspecified atom stereocenters. The second kappa shape index (κ2) is 10.7. The Bertz CT molecular complexity index is 1310. The van der Waals surface area contributed by atoms with E-state index in [-0.39, 0.29) is 10.6 Å². The zero-order chi connectivity index (χ0) is 26.8. The number of nitrogens with two attached hydrogens (primary N) is 1. The summed E-state index contributed by atoms with van der Waals surface area (Å²) in [6.45, 7) is 0.293. The smallest absolute Gasteiger partial charge is 0.417 e. The van der Waals surface area contributed by atoms with E-state index in [4.69, 9.17) is 22.1 Å². The lowest BCUT2D eigenvalue weighted by molar-refractivity contribution is -0.148. The predicted octanol–water partition coefficient (Wildman–Crippen LogP) is 3.25. The number of hydrogen-bond acceptors (Lipinski definition) is 7. The summed E-state index contributed by atoms with van der Waals surface area (Å²) in [5, 5.41) is 2.04. The Hall–Kier alpha value is -2.68. The van der Waals surface area contributed by atoms with Crippen molar-refractivity contribution in [2.75, 3.05) is 11.9 Å². The number of esters is 1. The molecule has 1 heterocycles. The third kappa shape index (κ3) is 6.35. The molecule has 1 aliphatic carbocycles. The average molecular weight is 568 g/mol. The summed E-state index contributed by atoms with van der Waals surface area (Å²) in [6.07, 6.45) is -1.66. The van der Waals surface area contributed by atoms with Crippen molar-refractivity contribution in [2.45, 2.75) is 49.7 Å². The number of thiophene rings is 1. The van der Waals surface area contributed by atoms with Gasteiger partial charge in [0.2, 0.25) is 10.0 Å². The van der Waals surface area contributed by atoms with Crippen LogP contribution in [0.1, 0.15) is 46.1 Å². The van der Waals surface area contributed by atoms with E-state index in [0.717, 1.165) is 48.8 Å². The Kier molecular flexibility index (Phi) is 8.33. The number of sulfonamides is 1. The first kappa shape index (κ1) is 27.9. The van der Waals surface area contributed by atoms with E-state index >= 15 is 0 Å². The molecule has 2 aromatic rings. The number of rotatable bonds is 8. The van der Waals surface area contributed by atoms with Crippen LogP contribution in [0.4, 0.5) is 18.2 Å². The van der Waals surface area contributed by atoms with Gasteiger partial charge in [0.1, 0.15) is 11.0 Å². The molecular weight excluding hydrogens is 547 g/mol. The molecule has 15 heteroatoms. The van der Waals surface area contributed by atoms with Crippen molar-refractivity contribution in [3.05, 3.63) is 44.8 Å². The highest BCUT2D eigenvalue weighted by atomic mass is 35.5. The van der Waals surface area contributed by atoms with Gasteiger partial charge < -0.3 is 15.8 Å². The Morgan fingerprint density at radius 2 is 1.89 bits per heavy atom. The van der Waals surface area contributed by atoms with Crippen molar-refractivity contribution < 1.29 is 40.7 Å². The summed E-state index contributed by atoms with van der Waals surface area (Å²) in [4.78, 5) is 36.6. The molecule has 0 bridgehead atoms. The zero-order valence-corrected chi connectivity index (χ0v) is 21.1. The third-order valence-electron chi connectivity index (χ3n) is 5.26. The molecule has 0 saturated heterocycles. The highest BCUT2D eigenvalue weighted by Gasteiger charge is 2.35. The predicted molar refractivity (Wildman–Crippen MR) is 125 cm³/mol. The van der Waals surface area contributed by atoms with Crippen molar-refractivity contribution in [3.63, 3.8) is 0 Å². The molecule has 2 amide bonds. The molecule has 3 rings (SSSR count). The number of halogens is 4. The summed E-state index contributed by atoms with van der Waals surface area (Å²) in [7, 11) is -4.57. The van der Waals surface area contributed by atoms with Crippen LogP contribution in [-0.4, -0.2) is 38.9 Å². The molecule has 0 aliphatic heterocycles. The first-order valence-corrected chi connectivity index (χ1v) is 13.2. The van der Waals surface area contributed by atoms with Gasteiger partial charge in [-0.2, -0.15) is 17.9 Å². The number of nitrogens with one attached hydrogen (secondary N) is 2. The van der Waals surface area contributed by atoms with Gasteiger partial charge in [0, 0.05) is 4.88 Å². The zero-order valence-electron chi connectivity index (χ0n) is 18.7. The highest BCUT2D eigenvalue weighted by Crippen LogP contribution is 2.38. The SMILES string of the molecule is CC(NS(=O)(=O)c1ccc(Cl)c(C(F)(F)F)c1)C(=O)OCC(=O)Nc1sc2c(c1C(N)=O)CCCC2. The quantitative estimate of drug-likeness (QED) is 0.418. The maximum absolute atomic E-state index is 13.0. The second-order valence-electron chi connectivity index (χ2n) is 7.92. The first-order valence-electron chi connectivity index (χ1n) is 10.5. The largest absolute Gasteiger partial charge is 0.454 e. The minimum atomic E-state index is -4.89. The fourth-order valence-corrected chi connectivity index (χ4v) is 6.33. The van der Waals surface area contributed by atoms with Gasteiger partial charge in [0.05, 0.1) is 21.0 Å². The number of benzene rings is 1. The second-order valence-corrected chi connectivity index (χ2v) is 11.1. The number of amides is 2. The topological polar surface area (TPSA) is 145 Å². The van der Waals surface area contributed by atoms with Crippen molar-refractivity contribution in [1.82, 2.24) is 4.72 Å². The van der Waals surface area contributed by atoms with Crippen LogP contribution < -0.4 is 15.8 Å². The van der Waals surface area contributed by atoms with Gasteiger partial charge in [0.25, 0.3) is 11.8 Å². The number of alkyl halides is 3. The lowest BCUT2D eigenvalue weighted by Gasteiger charge is -2.15. The molecule has 0 radical (unpaired) electrons. The summed E-state index contributed by atoms with van der Waals surface area (Å²) < 4.78 is 70.8. The maximum atomic E-state index is 13.0. The van der Waals surface area contributed by atoms with Crippen molar-refractivity contribution in [3.8, 4) is 0 Å². The first-order chi connectivity index (χ1) is 16.7. The van der Waals surface area contributed by atoms with E-state index in [0.29, 0.717) is 12.5 Å². The van der Waals surface area contributed by atoms with Crippen molar-refractivity contribution >= 4 is 55.7 Å². The fraction of sp³-hybridized carbons (Fsp3) is 0.381. The normalized spacial score (nSPS) is 14.6. The van der Waals surface area contributed by atoms with Gasteiger partial charge in [-0.15, -0.1) is 11.3 Å². The molecule has 0 fully saturated rings. The van der Waals surface area contributed by atoms with Crippen LogP contribution in [0, 0.1) is 0 Å². The number of hydrogen-bond donors (Lipinski definition) is 3. The average Bonchev–Trinajstić information content (AvgIpc) is 3.14. The van der Waals surface area contributed by atoms with Gasteiger partial charge in [-0.1, -0.05) is 11.6 Å². The minimum absolute atomic E-state index is 0.219. The Labute approximate surface area is 213 Å². The van der Waals surface area contributed by atoms with Gasteiger partial charge in [-0.25, -0.2) is 8.42 Å². The summed E-state index contributed by atoms with van der Waals surface area (Å²) in [5.74, 6) is -2.63. The lowest BCUT2D eigenvalue weighted by Crippen LogP contribution is -2.40. The minimum Gasteiger partial charge on any atom is -0.454 e. The molecule has 0 spiro atoms. The molecule has 1 aromatic heterocycles. The van der Waals surface area contributed by atoms with Gasteiger partial charge >= 0.3 is 12.1 Å². The molecule has 196 valence electrons. The molecule has 9 nitrogen and oxygen atoms in total. The van der Waals surface area contributed by atoms with Crippen molar-refractivity contribution in [2.24, 2.45) is 5.73 Å². The van der Waals surface area contributed by atoms with Gasteiger partial charge in [-0.05, 0) is 56.4 Å². The van der Waals surface area contributed by atoms with Crippen molar-refractivity contribution in [1.29, 1.82) is 0 Å². The summed E-state index contributed by atoms with van der Waals surface area (Å²) in [5.41, 5.74) is 5.12. The van der Waals surface area contributed by atoms with E-state index < -0.39 is 62.1 Å². The van der Waals surface area contributed by atoms with Gasteiger partial charge in [0.15, 0.2) is 6.61 Å². The van der Waals surface area contributed by atoms with Gasteiger partial charge in [-0.3, -0.25) is 14.4 Å². The molecule has 36 heavy (non-hydrogen) atoms. The Morgan fingerprint density at radius 1 is 1.22 bits per heavy atom. The highest BCUT2D eigenvalue weighted by molar-refractivity contribution is 7.89. The third-order valence-corrected chi connectivity index (χ3v) is 8.33.